The molecular weight excluding hydrogens is 364 g/mol. The van der Waals surface area contributed by atoms with Gasteiger partial charge in [0, 0.05) is 16.8 Å². The molecule has 0 aromatic heterocycles. The van der Waals surface area contributed by atoms with Crippen LogP contribution >= 0.6 is 0 Å². The van der Waals surface area contributed by atoms with E-state index < -0.39 is 15.9 Å². The quantitative estimate of drug-likeness (QED) is 0.664. The molecule has 0 aliphatic rings. The van der Waals surface area contributed by atoms with Gasteiger partial charge in [-0.3, -0.25) is 9.59 Å². The minimum Gasteiger partial charge on any atom is -0.322 e. The van der Waals surface area contributed by atoms with Crippen molar-refractivity contribution in [3.63, 3.8) is 0 Å². The molecule has 0 spiro atoms. The molecule has 3 aromatic rings. The van der Waals surface area contributed by atoms with E-state index in [2.05, 4.69) is 5.32 Å². The Morgan fingerprint density at radius 1 is 0.778 bits per heavy atom. The third-order valence-corrected chi connectivity index (χ3v) is 4.78. The van der Waals surface area contributed by atoms with Crippen molar-refractivity contribution in [3.05, 3.63) is 95.6 Å². The smallest absolute Gasteiger partial charge is 0.256 e. The first kappa shape index (κ1) is 18.5. The van der Waals surface area contributed by atoms with Crippen LogP contribution in [-0.4, -0.2) is 20.1 Å². The Morgan fingerprint density at radius 2 is 1.41 bits per heavy atom. The Hall–Kier alpha value is -3.29. The van der Waals surface area contributed by atoms with Crippen molar-refractivity contribution in [2.45, 2.75) is 4.90 Å². The van der Waals surface area contributed by atoms with Gasteiger partial charge in [0.25, 0.3) is 5.91 Å². The molecular formula is C20H16N2O4S. The number of rotatable bonds is 5. The maximum absolute atomic E-state index is 12.7. The van der Waals surface area contributed by atoms with Gasteiger partial charge in [0.2, 0.25) is 10.0 Å². The second-order valence-electron chi connectivity index (χ2n) is 5.77. The normalized spacial score (nSPS) is 11.0. The summed E-state index contributed by atoms with van der Waals surface area (Å²) in [7, 11) is -3.89. The second-order valence-corrected chi connectivity index (χ2v) is 7.33. The standard InChI is InChI=1S/C20H16N2O4S/c21-27(25,26)16-10-6-9-15(13-16)22-20(24)18-12-5-4-11-17(18)19(23)14-7-2-1-3-8-14/h1-13H,(H,22,24)(H2,21,25,26). The van der Waals surface area contributed by atoms with Crippen molar-refractivity contribution in [1.82, 2.24) is 0 Å². The minimum atomic E-state index is -3.89. The molecule has 3 aromatic carbocycles. The summed E-state index contributed by atoms with van der Waals surface area (Å²) in [5.74, 6) is -0.805. The van der Waals surface area contributed by atoms with E-state index in [1.54, 1.807) is 48.5 Å². The molecule has 0 unspecified atom stereocenters. The molecule has 0 atom stereocenters. The van der Waals surface area contributed by atoms with Crippen LogP contribution in [-0.2, 0) is 10.0 Å². The number of benzene rings is 3. The van der Waals surface area contributed by atoms with Crippen molar-refractivity contribution >= 4 is 27.4 Å². The van der Waals surface area contributed by atoms with Crippen molar-refractivity contribution in [2.75, 3.05) is 5.32 Å². The molecule has 27 heavy (non-hydrogen) atoms. The molecule has 0 bridgehead atoms. The van der Waals surface area contributed by atoms with E-state index in [0.717, 1.165) is 0 Å². The maximum Gasteiger partial charge on any atom is 0.256 e. The van der Waals surface area contributed by atoms with Gasteiger partial charge in [-0.2, -0.15) is 0 Å². The highest BCUT2D eigenvalue weighted by molar-refractivity contribution is 7.89. The first-order chi connectivity index (χ1) is 12.9. The summed E-state index contributed by atoms with van der Waals surface area (Å²) in [6, 6.07) is 20.7. The Kier molecular flexibility index (Phi) is 5.16. The average Bonchev–Trinajstić information content (AvgIpc) is 2.67. The third-order valence-electron chi connectivity index (χ3n) is 3.87. The Labute approximate surface area is 156 Å². The molecule has 0 aliphatic heterocycles. The summed E-state index contributed by atoms with van der Waals surface area (Å²) in [4.78, 5) is 25.3. The van der Waals surface area contributed by atoms with Crippen LogP contribution in [0.4, 0.5) is 5.69 Å². The van der Waals surface area contributed by atoms with E-state index in [0.29, 0.717) is 5.56 Å². The fraction of sp³-hybridized carbons (Fsp3) is 0. The Bertz CT molecular complexity index is 1110. The Balaban J connectivity index is 1.92. The first-order valence-electron chi connectivity index (χ1n) is 7.99. The number of nitrogens with two attached hydrogens (primary N) is 1. The number of nitrogens with one attached hydrogen (secondary N) is 1. The molecule has 1 amide bonds. The van der Waals surface area contributed by atoms with Crippen LogP contribution in [0.2, 0.25) is 0 Å². The molecule has 6 nitrogen and oxygen atoms in total. The number of carbonyl (C=O) groups is 2. The largest absolute Gasteiger partial charge is 0.322 e. The first-order valence-corrected chi connectivity index (χ1v) is 9.54. The van der Waals surface area contributed by atoms with Crippen LogP contribution in [0.15, 0.2) is 83.8 Å². The number of sulfonamides is 1. The molecule has 0 fully saturated rings. The highest BCUT2D eigenvalue weighted by Gasteiger charge is 2.18. The lowest BCUT2D eigenvalue weighted by Crippen LogP contribution is -2.17. The Morgan fingerprint density at radius 3 is 2.07 bits per heavy atom. The average molecular weight is 380 g/mol. The number of hydrogen-bond donors (Lipinski definition) is 2. The maximum atomic E-state index is 12.7. The molecule has 0 saturated heterocycles. The van der Waals surface area contributed by atoms with Crippen molar-refractivity contribution < 1.29 is 18.0 Å². The lowest BCUT2D eigenvalue weighted by atomic mass is 9.98. The molecule has 3 N–H and O–H groups in total. The molecule has 0 aliphatic carbocycles. The number of anilines is 1. The van der Waals surface area contributed by atoms with Crippen LogP contribution in [0.1, 0.15) is 26.3 Å². The predicted octanol–water partition coefficient (Wildman–Crippen LogP) is 2.82. The van der Waals surface area contributed by atoms with E-state index in [1.165, 1.54) is 30.3 Å². The lowest BCUT2D eigenvalue weighted by Gasteiger charge is -2.10. The lowest BCUT2D eigenvalue weighted by molar-refractivity contribution is 0.0996. The van der Waals surface area contributed by atoms with Crippen LogP contribution in [0.3, 0.4) is 0 Å². The summed E-state index contributed by atoms with van der Waals surface area (Å²) in [6.45, 7) is 0. The van der Waals surface area contributed by atoms with E-state index in [9.17, 15) is 18.0 Å². The van der Waals surface area contributed by atoms with E-state index in [1.807, 2.05) is 0 Å². The van der Waals surface area contributed by atoms with Crippen molar-refractivity contribution in [2.24, 2.45) is 5.14 Å². The van der Waals surface area contributed by atoms with Gasteiger partial charge in [0.15, 0.2) is 5.78 Å². The third kappa shape index (κ3) is 4.28. The highest BCUT2D eigenvalue weighted by Crippen LogP contribution is 2.18. The molecule has 3 rings (SSSR count). The van der Waals surface area contributed by atoms with Gasteiger partial charge in [0.1, 0.15) is 0 Å². The number of hydrogen-bond acceptors (Lipinski definition) is 4. The van der Waals surface area contributed by atoms with Crippen LogP contribution in [0, 0.1) is 0 Å². The minimum absolute atomic E-state index is 0.117. The van der Waals surface area contributed by atoms with Gasteiger partial charge in [-0.15, -0.1) is 0 Å². The number of carbonyl (C=O) groups excluding carboxylic acids is 2. The SMILES string of the molecule is NS(=O)(=O)c1cccc(NC(=O)c2ccccc2C(=O)c2ccccc2)c1. The number of primary sulfonamides is 1. The van der Waals surface area contributed by atoms with Crippen LogP contribution in [0.5, 0.6) is 0 Å². The van der Waals surface area contributed by atoms with Gasteiger partial charge in [-0.1, -0.05) is 54.6 Å². The fourth-order valence-corrected chi connectivity index (χ4v) is 3.13. The summed E-state index contributed by atoms with van der Waals surface area (Å²) in [5, 5.41) is 7.72. The fourth-order valence-electron chi connectivity index (χ4n) is 2.57. The zero-order valence-corrected chi connectivity index (χ0v) is 14.9. The second kappa shape index (κ2) is 7.53. The summed E-state index contributed by atoms with van der Waals surface area (Å²) < 4.78 is 22.9. The topological polar surface area (TPSA) is 106 Å². The van der Waals surface area contributed by atoms with Gasteiger partial charge in [0.05, 0.1) is 10.5 Å². The van der Waals surface area contributed by atoms with Crippen molar-refractivity contribution in [3.8, 4) is 0 Å². The molecule has 136 valence electrons. The molecule has 0 saturated carbocycles. The van der Waals surface area contributed by atoms with Crippen LogP contribution < -0.4 is 10.5 Å². The molecule has 0 radical (unpaired) electrons. The summed E-state index contributed by atoms with van der Waals surface area (Å²) >= 11 is 0. The molecule has 7 heteroatoms. The van der Waals surface area contributed by atoms with Crippen molar-refractivity contribution in [1.29, 1.82) is 0 Å². The number of amides is 1. The predicted molar refractivity (Wildman–Crippen MR) is 102 cm³/mol. The summed E-state index contributed by atoms with van der Waals surface area (Å²) in [6.07, 6.45) is 0. The molecule has 0 heterocycles. The zero-order valence-electron chi connectivity index (χ0n) is 14.1. The van der Waals surface area contributed by atoms with Gasteiger partial charge in [-0.25, -0.2) is 13.6 Å². The summed E-state index contributed by atoms with van der Waals surface area (Å²) in [5.41, 5.74) is 1.17. The van der Waals surface area contributed by atoms with Gasteiger partial charge >= 0.3 is 0 Å². The van der Waals surface area contributed by atoms with Gasteiger partial charge in [-0.05, 0) is 24.3 Å². The number of ketones is 1. The van der Waals surface area contributed by atoms with Gasteiger partial charge < -0.3 is 5.32 Å². The monoisotopic (exact) mass is 380 g/mol. The van der Waals surface area contributed by atoms with E-state index in [-0.39, 0.29) is 27.5 Å². The zero-order chi connectivity index (χ0) is 19.4. The van der Waals surface area contributed by atoms with Crippen LogP contribution in [0.25, 0.3) is 0 Å². The van der Waals surface area contributed by atoms with E-state index in [4.69, 9.17) is 5.14 Å². The van der Waals surface area contributed by atoms with E-state index >= 15 is 0 Å². The highest BCUT2D eigenvalue weighted by atomic mass is 32.2.